The number of aromatic hydroxyl groups is 1. The maximum Gasteiger partial charge on any atom is 0.269 e. The zero-order chi connectivity index (χ0) is 17.3. The molecule has 2 aromatic carbocycles. The first kappa shape index (κ1) is 16.3. The molecule has 0 aliphatic carbocycles. The number of nitrogens with zero attached hydrogens (tertiary/aromatic N) is 1. The van der Waals surface area contributed by atoms with Crippen molar-refractivity contribution < 1.29 is 18.3 Å². The second kappa shape index (κ2) is 6.14. The number of nitrogens with one attached hydrogen (secondary N) is 2. The number of sulfonamides is 1. The lowest BCUT2D eigenvalue weighted by molar-refractivity contribution is 0.0781. The van der Waals surface area contributed by atoms with Crippen LogP contribution in [0.4, 0.5) is 5.69 Å². The van der Waals surface area contributed by atoms with E-state index in [9.17, 15) is 18.3 Å². The van der Waals surface area contributed by atoms with E-state index in [1.54, 1.807) is 5.01 Å². The molecule has 1 aliphatic rings. The van der Waals surface area contributed by atoms with Crippen LogP contribution in [0.15, 0.2) is 42.5 Å². The topological polar surface area (TPSA) is 98.7 Å². The second-order valence-electron chi connectivity index (χ2n) is 5.67. The second-order valence-corrected chi connectivity index (χ2v) is 7.42. The van der Waals surface area contributed by atoms with Gasteiger partial charge in [-0.3, -0.25) is 14.9 Å². The monoisotopic (exact) mass is 347 g/mol. The molecule has 0 fully saturated rings. The van der Waals surface area contributed by atoms with Crippen LogP contribution in [0.3, 0.4) is 0 Å². The summed E-state index contributed by atoms with van der Waals surface area (Å²) in [6.07, 6.45) is 1.01. The summed E-state index contributed by atoms with van der Waals surface area (Å²) in [5.74, 6) is -0.722. The van der Waals surface area contributed by atoms with Crippen molar-refractivity contribution >= 4 is 21.6 Å². The summed E-state index contributed by atoms with van der Waals surface area (Å²) in [5, 5.41) is 11.6. The first-order valence-electron chi connectivity index (χ1n) is 7.25. The van der Waals surface area contributed by atoms with E-state index in [1.165, 1.54) is 18.2 Å². The highest BCUT2D eigenvalue weighted by atomic mass is 32.2. The fourth-order valence-electron chi connectivity index (χ4n) is 2.61. The number of carbonyl (C=O) groups is 1. The number of amides is 1. The summed E-state index contributed by atoms with van der Waals surface area (Å²) >= 11 is 0. The molecule has 0 radical (unpaired) electrons. The maximum atomic E-state index is 12.4. The minimum atomic E-state index is -3.46. The standard InChI is InChI=1S/C16H17N3O4S/c1-24(22,23)18-13-6-7-15(20)14(8-13)16(21)17-19-9-11-4-2-3-5-12(11)10-19/h2-8,18,20H,9-10H2,1H3,(H,17,21). The smallest absolute Gasteiger partial charge is 0.269 e. The van der Waals surface area contributed by atoms with E-state index in [0.29, 0.717) is 13.1 Å². The number of hydrogen-bond donors (Lipinski definition) is 3. The Kier molecular flexibility index (Phi) is 4.16. The van der Waals surface area contributed by atoms with E-state index in [-0.39, 0.29) is 17.0 Å². The van der Waals surface area contributed by atoms with Crippen molar-refractivity contribution in [2.24, 2.45) is 0 Å². The van der Waals surface area contributed by atoms with Crippen LogP contribution in [0.5, 0.6) is 5.75 Å². The molecule has 3 rings (SSSR count). The lowest BCUT2D eigenvalue weighted by Gasteiger charge is -2.17. The highest BCUT2D eigenvalue weighted by molar-refractivity contribution is 7.92. The molecule has 8 heteroatoms. The molecule has 3 N–H and O–H groups in total. The average Bonchev–Trinajstić information content (AvgIpc) is 2.89. The van der Waals surface area contributed by atoms with Crippen molar-refractivity contribution in [2.75, 3.05) is 11.0 Å². The van der Waals surface area contributed by atoms with Gasteiger partial charge in [0.1, 0.15) is 5.75 Å². The molecule has 0 aromatic heterocycles. The number of fused-ring (bicyclic) bond motifs is 1. The van der Waals surface area contributed by atoms with Gasteiger partial charge in [-0.25, -0.2) is 13.4 Å². The third kappa shape index (κ3) is 3.66. The molecule has 0 saturated carbocycles. The van der Waals surface area contributed by atoms with Crippen LogP contribution in [0, 0.1) is 0 Å². The number of phenols is 1. The molecule has 0 unspecified atom stereocenters. The fourth-order valence-corrected chi connectivity index (χ4v) is 3.17. The number of anilines is 1. The zero-order valence-electron chi connectivity index (χ0n) is 13.0. The van der Waals surface area contributed by atoms with E-state index < -0.39 is 15.9 Å². The maximum absolute atomic E-state index is 12.4. The quantitative estimate of drug-likeness (QED) is 0.727. The van der Waals surface area contributed by atoms with Crippen LogP contribution >= 0.6 is 0 Å². The molecule has 126 valence electrons. The lowest BCUT2D eigenvalue weighted by Crippen LogP contribution is -2.38. The third-order valence-electron chi connectivity index (χ3n) is 3.64. The molecular weight excluding hydrogens is 330 g/mol. The Morgan fingerprint density at radius 1 is 1.12 bits per heavy atom. The van der Waals surface area contributed by atoms with Gasteiger partial charge >= 0.3 is 0 Å². The van der Waals surface area contributed by atoms with Crippen LogP contribution < -0.4 is 10.1 Å². The fraction of sp³-hybridized carbons (Fsp3) is 0.188. The number of rotatable bonds is 4. The number of hydrogen-bond acceptors (Lipinski definition) is 5. The summed E-state index contributed by atoms with van der Waals surface area (Å²) in [6, 6.07) is 11.8. The number of benzene rings is 2. The van der Waals surface area contributed by atoms with Crippen molar-refractivity contribution in [1.82, 2.24) is 10.4 Å². The van der Waals surface area contributed by atoms with E-state index in [4.69, 9.17) is 0 Å². The van der Waals surface area contributed by atoms with Gasteiger partial charge in [0.05, 0.1) is 11.8 Å². The highest BCUT2D eigenvalue weighted by Gasteiger charge is 2.22. The van der Waals surface area contributed by atoms with Crippen molar-refractivity contribution in [1.29, 1.82) is 0 Å². The number of hydrazine groups is 1. The summed E-state index contributed by atoms with van der Waals surface area (Å²) in [5.41, 5.74) is 5.21. The van der Waals surface area contributed by atoms with E-state index in [0.717, 1.165) is 17.4 Å². The predicted molar refractivity (Wildman–Crippen MR) is 89.7 cm³/mol. The molecular formula is C16H17N3O4S. The Hall–Kier alpha value is -2.58. The van der Waals surface area contributed by atoms with Crippen LogP contribution in [0.25, 0.3) is 0 Å². The minimum absolute atomic E-state index is 0.000365. The van der Waals surface area contributed by atoms with Crippen LogP contribution in [0.1, 0.15) is 21.5 Å². The molecule has 24 heavy (non-hydrogen) atoms. The Balaban J connectivity index is 1.75. The Morgan fingerprint density at radius 2 is 1.75 bits per heavy atom. The SMILES string of the molecule is CS(=O)(=O)Nc1ccc(O)c(C(=O)NN2Cc3ccccc3C2)c1. The summed E-state index contributed by atoms with van der Waals surface area (Å²) in [6.45, 7) is 1.15. The Labute approximate surface area is 139 Å². The number of phenolic OH excluding ortho intramolecular Hbond substituents is 1. The van der Waals surface area contributed by atoms with Gasteiger partial charge in [-0.15, -0.1) is 0 Å². The molecule has 1 aliphatic heterocycles. The number of carbonyl (C=O) groups excluding carboxylic acids is 1. The largest absolute Gasteiger partial charge is 0.507 e. The van der Waals surface area contributed by atoms with Gasteiger partial charge in [-0.1, -0.05) is 24.3 Å². The van der Waals surface area contributed by atoms with Gasteiger partial charge in [0, 0.05) is 18.8 Å². The van der Waals surface area contributed by atoms with Gasteiger partial charge in [0.2, 0.25) is 10.0 Å². The predicted octanol–water partition coefficient (Wildman–Crippen LogP) is 1.42. The third-order valence-corrected chi connectivity index (χ3v) is 4.25. The molecule has 1 amide bonds. The average molecular weight is 347 g/mol. The van der Waals surface area contributed by atoms with E-state index >= 15 is 0 Å². The van der Waals surface area contributed by atoms with Gasteiger partial charge in [0.15, 0.2) is 0 Å². The first-order valence-corrected chi connectivity index (χ1v) is 9.14. The summed E-state index contributed by atoms with van der Waals surface area (Å²) in [7, 11) is -3.46. The highest BCUT2D eigenvalue weighted by Crippen LogP contribution is 2.24. The van der Waals surface area contributed by atoms with Crippen LogP contribution in [-0.4, -0.2) is 30.7 Å². The van der Waals surface area contributed by atoms with Crippen molar-refractivity contribution in [3.8, 4) is 5.75 Å². The molecule has 0 spiro atoms. The normalized spacial score (nSPS) is 14.2. The molecule has 1 heterocycles. The van der Waals surface area contributed by atoms with Gasteiger partial charge in [-0.2, -0.15) is 0 Å². The Bertz CT molecular complexity index is 871. The van der Waals surface area contributed by atoms with Gasteiger partial charge in [0.25, 0.3) is 5.91 Å². The molecule has 0 saturated heterocycles. The Morgan fingerprint density at radius 3 is 2.33 bits per heavy atom. The van der Waals surface area contributed by atoms with Crippen molar-refractivity contribution in [3.63, 3.8) is 0 Å². The van der Waals surface area contributed by atoms with E-state index in [2.05, 4.69) is 10.1 Å². The zero-order valence-corrected chi connectivity index (χ0v) is 13.8. The molecule has 0 bridgehead atoms. The minimum Gasteiger partial charge on any atom is -0.507 e. The summed E-state index contributed by atoms with van der Waals surface area (Å²) in [4.78, 5) is 12.4. The molecule has 2 aromatic rings. The lowest BCUT2D eigenvalue weighted by atomic mass is 10.1. The molecule has 7 nitrogen and oxygen atoms in total. The summed E-state index contributed by atoms with van der Waals surface area (Å²) < 4.78 is 24.9. The van der Waals surface area contributed by atoms with Crippen LogP contribution in [-0.2, 0) is 23.1 Å². The van der Waals surface area contributed by atoms with Gasteiger partial charge in [-0.05, 0) is 29.3 Å². The van der Waals surface area contributed by atoms with Gasteiger partial charge < -0.3 is 5.11 Å². The van der Waals surface area contributed by atoms with Crippen LogP contribution in [0.2, 0.25) is 0 Å². The van der Waals surface area contributed by atoms with Crippen molar-refractivity contribution in [2.45, 2.75) is 13.1 Å². The van der Waals surface area contributed by atoms with Crippen molar-refractivity contribution in [3.05, 3.63) is 59.2 Å². The first-order chi connectivity index (χ1) is 11.3. The molecule has 0 atom stereocenters. The van der Waals surface area contributed by atoms with E-state index in [1.807, 2.05) is 24.3 Å².